The van der Waals surface area contributed by atoms with Crippen LogP contribution in [0.25, 0.3) is 0 Å². The molecule has 1 aromatic rings. The molecule has 148 valence electrons. The monoisotopic (exact) mass is 386 g/mol. The minimum absolute atomic E-state index is 0.0374. The van der Waals surface area contributed by atoms with Gasteiger partial charge in [-0.3, -0.25) is 29.9 Å². The predicted octanol–water partition coefficient (Wildman–Crippen LogP) is 1.98. The molecule has 0 aliphatic carbocycles. The van der Waals surface area contributed by atoms with E-state index in [4.69, 9.17) is 0 Å². The van der Waals surface area contributed by atoms with Crippen LogP contribution in [-0.2, 0) is 16.0 Å². The molecule has 0 aromatic heterocycles. The number of fused-ring (bicyclic) bond motifs is 4. The van der Waals surface area contributed by atoms with Gasteiger partial charge in [-0.1, -0.05) is 0 Å². The first-order chi connectivity index (χ1) is 13.1. The molecule has 9 nitrogen and oxygen atoms in total. The van der Waals surface area contributed by atoms with Crippen molar-refractivity contribution in [2.24, 2.45) is 5.41 Å². The van der Waals surface area contributed by atoms with Crippen molar-refractivity contribution in [2.75, 3.05) is 11.4 Å². The third-order valence-electron chi connectivity index (χ3n) is 5.96. The fourth-order valence-electron chi connectivity index (χ4n) is 4.81. The first kappa shape index (κ1) is 18.4. The number of nitrogens with one attached hydrogen (secondary N) is 1. The van der Waals surface area contributed by atoms with Gasteiger partial charge in [-0.05, 0) is 45.2 Å². The van der Waals surface area contributed by atoms with Crippen molar-refractivity contribution in [2.45, 2.75) is 51.6 Å². The molecule has 2 fully saturated rings. The molecule has 3 aliphatic rings. The summed E-state index contributed by atoms with van der Waals surface area (Å²) in [7, 11) is 0. The van der Waals surface area contributed by atoms with Crippen molar-refractivity contribution in [1.29, 1.82) is 0 Å². The van der Waals surface area contributed by atoms with Crippen LogP contribution in [0.1, 0.15) is 39.2 Å². The van der Waals surface area contributed by atoms with Gasteiger partial charge < -0.3 is 4.90 Å². The number of rotatable bonds is 1. The number of barbiturate groups is 1. The first-order valence-corrected chi connectivity index (χ1v) is 9.31. The summed E-state index contributed by atoms with van der Waals surface area (Å²) in [6, 6.07) is 3.47. The lowest BCUT2D eigenvalue weighted by Crippen LogP contribution is -2.73. The summed E-state index contributed by atoms with van der Waals surface area (Å²) >= 11 is 0. The average molecular weight is 386 g/mol. The van der Waals surface area contributed by atoms with E-state index in [2.05, 4.69) is 5.32 Å². The van der Waals surface area contributed by atoms with Crippen LogP contribution in [0.5, 0.6) is 0 Å². The molecule has 3 aliphatic heterocycles. The van der Waals surface area contributed by atoms with Crippen LogP contribution in [0.15, 0.2) is 18.2 Å². The second-order valence-electron chi connectivity index (χ2n) is 8.64. The molecule has 0 radical (unpaired) electrons. The topological polar surface area (TPSA) is 113 Å². The van der Waals surface area contributed by atoms with E-state index in [9.17, 15) is 24.5 Å². The number of hydrogen-bond acceptors (Lipinski definition) is 6. The van der Waals surface area contributed by atoms with Crippen LogP contribution in [0.2, 0.25) is 0 Å². The number of carbonyl (C=O) groups excluding carboxylic acids is 3. The van der Waals surface area contributed by atoms with Crippen molar-refractivity contribution < 1.29 is 19.3 Å². The zero-order valence-electron chi connectivity index (χ0n) is 16.0. The molecule has 1 spiro atoms. The molecule has 9 heteroatoms. The number of hydrogen-bond donors (Lipinski definition) is 1. The quantitative estimate of drug-likeness (QED) is 0.449. The third-order valence-corrected chi connectivity index (χ3v) is 5.96. The second-order valence-corrected chi connectivity index (χ2v) is 8.64. The van der Waals surface area contributed by atoms with Crippen molar-refractivity contribution in [3.8, 4) is 0 Å². The lowest BCUT2D eigenvalue weighted by atomic mass is 9.68. The van der Waals surface area contributed by atoms with E-state index in [1.54, 1.807) is 26.8 Å². The van der Waals surface area contributed by atoms with Crippen molar-refractivity contribution >= 4 is 29.2 Å². The normalized spacial score (nSPS) is 27.0. The molecule has 2 atom stereocenters. The summed E-state index contributed by atoms with van der Waals surface area (Å²) in [4.78, 5) is 53.0. The summed E-state index contributed by atoms with van der Waals surface area (Å²) in [6.45, 7) is 5.87. The highest BCUT2D eigenvalue weighted by molar-refractivity contribution is 6.20. The maximum atomic E-state index is 13.6. The van der Waals surface area contributed by atoms with E-state index in [1.807, 2.05) is 4.90 Å². The van der Waals surface area contributed by atoms with Crippen molar-refractivity contribution in [1.82, 2.24) is 10.2 Å². The number of non-ortho nitro benzene ring substituents is 1. The Hall–Kier alpha value is -2.97. The van der Waals surface area contributed by atoms with Gasteiger partial charge in [0.15, 0.2) is 5.41 Å². The molecule has 1 aromatic carbocycles. The van der Waals surface area contributed by atoms with Crippen LogP contribution in [0.3, 0.4) is 0 Å². The van der Waals surface area contributed by atoms with Gasteiger partial charge in [0.05, 0.1) is 11.0 Å². The number of urea groups is 1. The van der Waals surface area contributed by atoms with Crippen LogP contribution in [0.4, 0.5) is 16.2 Å². The van der Waals surface area contributed by atoms with Crippen LogP contribution in [-0.4, -0.2) is 45.8 Å². The van der Waals surface area contributed by atoms with E-state index < -0.39 is 33.7 Å². The standard InChI is InChI=1S/C19H22N4O5/c1-18(2,3)22-16(25)19(15(24)20-17(22)26)10-11-9-12(23(27)28)6-7-13(11)21-8-4-5-14(19)21/h6-7,9,14H,4-5,8,10H2,1-3H3,(H,20,24,26)/t14-,19-/m0/s1. The van der Waals surface area contributed by atoms with E-state index in [0.717, 1.165) is 17.0 Å². The highest BCUT2D eigenvalue weighted by Crippen LogP contribution is 2.49. The lowest BCUT2D eigenvalue weighted by Gasteiger charge is -2.51. The van der Waals surface area contributed by atoms with Crippen LogP contribution >= 0.6 is 0 Å². The number of amides is 4. The molecule has 2 saturated heterocycles. The molecule has 1 N–H and O–H groups in total. The highest BCUT2D eigenvalue weighted by Gasteiger charge is 2.64. The smallest absolute Gasteiger partial charge is 0.331 e. The van der Waals surface area contributed by atoms with E-state index >= 15 is 0 Å². The number of carbonyl (C=O) groups is 3. The second kappa shape index (κ2) is 5.76. The zero-order valence-corrected chi connectivity index (χ0v) is 16.0. The van der Waals surface area contributed by atoms with Gasteiger partial charge in [-0.2, -0.15) is 0 Å². The van der Waals surface area contributed by atoms with E-state index in [-0.39, 0.29) is 18.2 Å². The van der Waals surface area contributed by atoms with Gasteiger partial charge in [0.1, 0.15) is 0 Å². The molecular formula is C19H22N4O5. The average Bonchev–Trinajstić information content (AvgIpc) is 3.08. The zero-order chi connectivity index (χ0) is 20.4. The molecule has 0 saturated carbocycles. The molecule has 28 heavy (non-hydrogen) atoms. The molecular weight excluding hydrogens is 364 g/mol. The minimum atomic E-state index is -1.47. The number of nitro groups is 1. The van der Waals surface area contributed by atoms with Gasteiger partial charge in [-0.25, -0.2) is 4.79 Å². The Bertz CT molecular complexity index is 921. The Balaban J connectivity index is 1.89. The Morgan fingerprint density at radius 3 is 2.61 bits per heavy atom. The molecule has 4 rings (SSSR count). The van der Waals surface area contributed by atoms with Crippen LogP contribution < -0.4 is 10.2 Å². The largest absolute Gasteiger partial charge is 0.367 e. The summed E-state index contributed by atoms with van der Waals surface area (Å²) in [5, 5.41) is 13.6. The van der Waals surface area contributed by atoms with E-state index in [1.165, 1.54) is 12.1 Å². The van der Waals surface area contributed by atoms with Gasteiger partial charge in [0.2, 0.25) is 11.8 Å². The van der Waals surface area contributed by atoms with Gasteiger partial charge in [0, 0.05) is 36.3 Å². The Kier molecular flexibility index (Phi) is 3.79. The minimum Gasteiger partial charge on any atom is -0.367 e. The molecule has 0 bridgehead atoms. The predicted molar refractivity (Wildman–Crippen MR) is 99.7 cm³/mol. The number of anilines is 1. The lowest BCUT2D eigenvalue weighted by molar-refractivity contribution is -0.384. The third kappa shape index (κ3) is 2.35. The maximum Gasteiger partial charge on any atom is 0.331 e. The van der Waals surface area contributed by atoms with Gasteiger partial charge in [-0.15, -0.1) is 0 Å². The van der Waals surface area contributed by atoms with Gasteiger partial charge >= 0.3 is 6.03 Å². The summed E-state index contributed by atoms with van der Waals surface area (Å²) in [5.41, 5.74) is -0.960. The fraction of sp³-hybridized carbons (Fsp3) is 0.526. The summed E-state index contributed by atoms with van der Waals surface area (Å²) in [5.74, 6) is -1.14. The number of imide groups is 2. The maximum absolute atomic E-state index is 13.6. The number of nitrogens with zero attached hydrogens (tertiary/aromatic N) is 3. The Labute approximate surface area is 161 Å². The van der Waals surface area contributed by atoms with Crippen molar-refractivity contribution in [3.63, 3.8) is 0 Å². The summed E-state index contributed by atoms with van der Waals surface area (Å²) < 4.78 is 0. The number of nitro benzene ring substituents is 1. The SMILES string of the molecule is CC(C)(C)N1C(=O)NC(=O)[C@@]2(Cc3cc([N+](=O)[O-])ccc3N3CCC[C@H]32)C1=O. The van der Waals surface area contributed by atoms with E-state index in [0.29, 0.717) is 18.5 Å². The molecule has 3 heterocycles. The fourth-order valence-corrected chi connectivity index (χ4v) is 4.81. The number of benzene rings is 1. The van der Waals surface area contributed by atoms with Crippen LogP contribution in [0, 0.1) is 15.5 Å². The van der Waals surface area contributed by atoms with Gasteiger partial charge in [0.25, 0.3) is 5.69 Å². The van der Waals surface area contributed by atoms with Crippen molar-refractivity contribution in [3.05, 3.63) is 33.9 Å². The summed E-state index contributed by atoms with van der Waals surface area (Å²) in [6.07, 6.45) is 1.48. The Morgan fingerprint density at radius 1 is 1.25 bits per heavy atom. The molecule has 4 amide bonds. The molecule has 0 unspecified atom stereocenters. The first-order valence-electron chi connectivity index (χ1n) is 9.31. The Morgan fingerprint density at radius 2 is 1.96 bits per heavy atom. The highest BCUT2D eigenvalue weighted by atomic mass is 16.6.